The number of carbonyl (C=O) groups is 2. The van der Waals surface area contributed by atoms with Gasteiger partial charge in [-0.1, -0.05) is 13.3 Å². The van der Waals surface area contributed by atoms with E-state index in [1.807, 2.05) is 6.92 Å². The van der Waals surface area contributed by atoms with Crippen LogP contribution in [0.5, 0.6) is 0 Å². The molecule has 0 aromatic carbocycles. The molecule has 1 saturated heterocycles. The van der Waals surface area contributed by atoms with Gasteiger partial charge in [-0.25, -0.2) is 4.79 Å². The highest BCUT2D eigenvalue weighted by Gasteiger charge is 2.36. The van der Waals surface area contributed by atoms with Crippen molar-refractivity contribution in [2.24, 2.45) is 5.92 Å². The molecule has 5 nitrogen and oxygen atoms in total. The van der Waals surface area contributed by atoms with E-state index in [0.717, 1.165) is 6.42 Å². The quantitative estimate of drug-likeness (QED) is 0.760. The Bertz CT molecular complexity index is 286. The average Bonchev–Trinajstić information content (AvgIpc) is 2.30. The molecular formula is C12H21NO4. The second-order valence-corrected chi connectivity index (χ2v) is 4.76. The lowest BCUT2D eigenvalue weighted by Crippen LogP contribution is -2.54. The molecule has 17 heavy (non-hydrogen) atoms. The molecule has 0 aromatic heterocycles. The van der Waals surface area contributed by atoms with Crippen LogP contribution < -0.4 is 5.32 Å². The first-order valence-corrected chi connectivity index (χ1v) is 6.13. The van der Waals surface area contributed by atoms with Crippen molar-refractivity contribution in [2.45, 2.75) is 45.1 Å². The van der Waals surface area contributed by atoms with E-state index < -0.39 is 11.5 Å². The number of carbonyl (C=O) groups excluding carboxylic acids is 1. The molecule has 1 fully saturated rings. The van der Waals surface area contributed by atoms with Gasteiger partial charge in [0.05, 0.1) is 0 Å². The lowest BCUT2D eigenvalue weighted by atomic mass is 9.93. The smallest absolute Gasteiger partial charge is 0.329 e. The first-order valence-electron chi connectivity index (χ1n) is 6.13. The van der Waals surface area contributed by atoms with Gasteiger partial charge in [0.2, 0.25) is 5.91 Å². The molecule has 0 bridgehead atoms. The highest BCUT2D eigenvalue weighted by Crippen LogP contribution is 2.18. The lowest BCUT2D eigenvalue weighted by molar-refractivity contribution is -0.148. The number of aliphatic carboxylic acids is 1. The Balaban J connectivity index is 2.60. The van der Waals surface area contributed by atoms with Crippen LogP contribution in [0.4, 0.5) is 0 Å². The minimum absolute atomic E-state index is 0.112. The molecule has 1 rings (SSSR count). The monoisotopic (exact) mass is 243 g/mol. The fourth-order valence-electron chi connectivity index (χ4n) is 2.06. The van der Waals surface area contributed by atoms with E-state index in [1.165, 1.54) is 0 Å². The van der Waals surface area contributed by atoms with Gasteiger partial charge in [0, 0.05) is 19.1 Å². The van der Waals surface area contributed by atoms with Crippen molar-refractivity contribution >= 4 is 11.9 Å². The number of amides is 1. The molecule has 0 unspecified atom stereocenters. The summed E-state index contributed by atoms with van der Waals surface area (Å²) in [6, 6.07) is 0. The topological polar surface area (TPSA) is 75.6 Å². The highest BCUT2D eigenvalue weighted by molar-refractivity contribution is 5.87. The van der Waals surface area contributed by atoms with E-state index in [1.54, 1.807) is 6.92 Å². The number of hydrogen-bond acceptors (Lipinski definition) is 3. The third-order valence-electron chi connectivity index (χ3n) is 3.21. The van der Waals surface area contributed by atoms with Crippen LogP contribution in [0.2, 0.25) is 0 Å². The molecule has 0 saturated carbocycles. The molecule has 0 radical (unpaired) electrons. The van der Waals surface area contributed by atoms with Gasteiger partial charge in [0.1, 0.15) is 5.54 Å². The normalized spacial score (nSPS) is 20.6. The summed E-state index contributed by atoms with van der Waals surface area (Å²) in [5, 5.41) is 11.8. The van der Waals surface area contributed by atoms with Crippen molar-refractivity contribution in [2.75, 3.05) is 13.2 Å². The maximum absolute atomic E-state index is 12.0. The molecule has 0 aromatic rings. The Morgan fingerprint density at radius 2 is 2.00 bits per heavy atom. The molecule has 0 spiro atoms. The van der Waals surface area contributed by atoms with Crippen LogP contribution in [0.25, 0.3) is 0 Å². The van der Waals surface area contributed by atoms with Gasteiger partial charge < -0.3 is 15.2 Å². The van der Waals surface area contributed by atoms with Crippen LogP contribution >= 0.6 is 0 Å². The van der Waals surface area contributed by atoms with Gasteiger partial charge in [0.15, 0.2) is 0 Å². The average molecular weight is 243 g/mol. The predicted octanol–water partition coefficient (Wildman–Crippen LogP) is 1.17. The SMILES string of the molecule is CCC[C@](C)(NC(=O)C1CCOCC1)C(=O)O. The van der Waals surface area contributed by atoms with E-state index in [9.17, 15) is 14.7 Å². The number of nitrogens with one attached hydrogen (secondary N) is 1. The fourth-order valence-corrected chi connectivity index (χ4v) is 2.06. The Labute approximate surface area is 102 Å². The highest BCUT2D eigenvalue weighted by atomic mass is 16.5. The maximum atomic E-state index is 12.0. The second kappa shape index (κ2) is 6.00. The molecule has 98 valence electrons. The molecule has 1 atom stereocenters. The molecule has 1 aliphatic rings. The minimum atomic E-state index is -1.15. The largest absolute Gasteiger partial charge is 0.480 e. The van der Waals surface area contributed by atoms with Gasteiger partial charge in [-0.3, -0.25) is 4.79 Å². The van der Waals surface area contributed by atoms with E-state index in [2.05, 4.69) is 5.32 Å². The summed E-state index contributed by atoms with van der Waals surface area (Å²) in [6.45, 7) is 4.63. The molecule has 1 amide bonds. The second-order valence-electron chi connectivity index (χ2n) is 4.76. The van der Waals surface area contributed by atoms with Gasteiger partial charge in [0.25, 0.3) is 0 Å². The summed E-state index contributed by atoms with van der Waals surface area (Å²) in [5.74, 6) is -1.24. The third kappa shape index (κ3) is 3.70. The summed E-state index contributed by atoms with van der Waals surface area (Å²) in [4.78, 5) is 23.2. The number of carboxylic acids is 1. The zero-order chi connectivity index (χ0) is 12.9. The van der Waals surface area contributed by atoms with Gasteiger partial charge in [-0.15, -0.1) is 0 Å². The van der Waals surface area contributed by atoms with Crippen molar-refractivity contribution < 1.29 is 19.4 Å². The van der Waals surface area contributed by atoms with E-state index in [4.69, 9.17) is 4.74 Å². The molecule has 1 heterocycles. The van der Waals surface area contributed by atoms with Crippen LogP contribution in [0.3, 0.4) is 0 Å². The molecule has 1 aliphatic heterocycles. The predicted molar refractivity (Wildman–Crippen MR) is 62.6 cm³/mol. The van der Waals surface area contributed by atoms with E-state index in [0.29, 0.717) is 32.5 Å². The summed E-state index contributed by atoms with van der Waals surface area (Å²) < 4.78 is 5.18. The Hall–Kier alpha value is -1.10. The van der Waals surface area contributed by atoms with Crippen LogP contribution in [0, 0.1) is 5.92 Å². The van der Waals surface area contributed by atoms with Gasteiger partial charge >= 0.3 is 5.97 Å². The zero-order valence-corrected chi connectivity index (χ0v) is 10.5. The Morgan fingerprint density at radius 3 is 2.47 bits per heavy atom. The summed E-state index contributed by atoms with van der Waals surface area (Å²) >= 11 is 0. The maximum Gasteiger partial charge on any atom is 0.329 e. The number of rotatable bonds is 5. The van der Waals surface area contributed by atoms with Crippen LogP contribution in [0.1, 0.15) is 39.5 Å². The van der Waals surface area contributed by atoms with Crippen molar-refractivity contribution in [1.29, 1.82) is 0 Å². The number of hydrogen-bond donors (Lipinski definition) is 2. The van der Waals surface area contributed by atoms with Crippen molar-refractivity contribution in [3.63, 3.8) is 0 Å². The Kier molecular flexibility index (Phi) is 4.93. The number of carboxylic acid groups (broad SMARTS) is 1. The first-order chi connectivity index (χ1) is 7.99. The van der Waals surface area contributed by atoms with Crippen molar-refractivity contribution in [3.8, 4) is 0 Å². The summed E-state index contributed by atoms with van der Waals surface area (Å²) in [5.41, 5.74) is -1.15. The van der Waals surface area contributed by atoms with E-state index >= 15 is 0 Å². The van der Waals surface area contributed by atoms with Crippen LogP contribution in [-0.4, -0.2) is 35.7 Å². The minimum Gasteiger partial charge on any atom is -0.480 e. The van der Waals surface area contributed by atoms with Crippen molar-refractivity contribution in [3.05, 3.63) is 0 Å². The molecule has 5 heteroatoms. The summed E-state index contributed by atoms with van der Waals surface area (Å²) in [6.07, 6.45) is 2.51. The van der Waals surface area contributed by atoms with Gasteiger partial charge in [-0.2, -0.15) is 0 Å². The Morgan fingerprint density at radius 1 is 1.41 bits per heavy atom. The summed E-state index contributed by atoms with van der Waals surface area (Å²) in [7, 11) is 0. The van der Waals surface area contributed by atoms with E-state index in [-0.39, 0.29) is 11.8 Å². The lowest BCUT2D eigenvalue weighted by Gasteiger charge is -2.29. The first kappa shape index (κ1) is 14.0. The fraction of sp³-hybridized carbons (Fsp3) is 0.833. The standard InChI is InChI=1S/C12H21NO4/c1-3-6-12(2,11(15)16)13-10(14)9-4-7-17-8-5-9/h9H,3-8H2,1-2H3,(H,13,14)(H,15,16)/t12-/m0/s1. The van der Waals surface area contributed by atoms with Crippen LogP contribution in [-0.2, 0) is 14.3 Å². The van der Waals surface area contributed by atoms with Crippen molar-refractivity contribution in [1.82, 2.24) is 5.32 Å². The van der Waals surface area contributed by atoms with Crippen LogP contribution in [0.15, 0.2) is 0 Å². The molecule has 0 aliphatic carbocycles. The molecular weight excluding hydrogens is 222 g/mol. The molecule has 2 N–H and O–H groups in total. The zero-order valence-electron chi connectivity index (χ0n) is 10.5. The number of ether oxygens (including phenoxy) is 1. The van der Waals surface area contributed by atoms with Gasteiger partial charge in [-0.05, 0) is 26.2 Å². The third-order valence-corrected chi connectivity index (χ3v) is 3.21.